The average Bonchev–Trinajstić information content (AvgIpc) is 2.77. The molecule has 5 nitrogen and oxygen atoms in total. The summed E-state index contributed by atoms with van der Waals surface area (Å²) in [5.41, 5.74) is 5.33. The molecule has 0 radical (unpaired) electrons. The molecule has 1 aliphatic rings. The first-order valence-electron chi connectivity index (χ1n) is 10.00. The van der Waals surface area contributed by atoms with Gasteiger partial charge in [0.1, 0.15) is 5.82 Å². The Morgan fingerprint density at radius 2 is 1.66 bits per heavy atom. The van der Waals surface area contributed by atoms with Crippen molar-refractivity contribution in [1.29, 1.82) is 0 Å². The monoisotopic (exact) mass is 386 g/mol. The lowest BCUT2D eigenvalue weighted by atomic mass is 10.1. The van der Waals surface area contributed by atoms with Gasteiger partial charge in [0.2, 0.25) is 0 Å². The van der Waals surface area contributed by atoms with Gasteiger partial charge in [-0.2, -0.15) is 0 Å². The number of pyridine rings is 1. The molecule has 1 fully saturated rings. The molecule has 0 aliphatic carbocycles. The zero-order chi connectivity index (χ0) is 20.2. The van der Waals surface area contributed by atoms with Crippen molar-refractivity contribution < 1.29 is 4.79 Å². The lowest BCUT2D eigenvalue weighted by Crippen LogP contribution is -2.48. The van der Waals surface area contributed by atoms with E-state index in [0.717, 1.165) is 37.7 Å². The first kappa shape index (κ1) is 19.0. The van der Waals surface area contributed by atoms with Crippen molar-refractivity contribution in [3.8, 4) is 0 Å². The van der Waals surface area contributed by atoms with Crippen LogP contribution in [0.25, 0.3) is 0 Å². The second-order valence-corrected chi connectivity index (χ2v) is 7.47. The van der Waals surface area contributed by atoms with Crippen LogP contribution in [0.5, 0.6) is 0 Å². The summed E-state index contributed by atoms with van der Waals surface area (Å²) in [4.78, 5) is 21.5. The number of carbonyl (C=O) groups is 1. The van der Waals surface area contributed by atoms with Crippen molar-refractivity contribution in [2.75, 3.05) is 36.4 Å². The van der Waals surface area contributed by atoms with Gasteiger partial charge in [-0.05, 0) is 61.4 Å². The molecular formula is C24H26N4O. The number of piperazine rings is 1. The predicted octanol–water partition coefficient (Wildman–Crippen LogP) is 4.40. The van der Waals surface area contributed by atoms with Gasteiger partial charge in [-0.3, -0.25) is 4.79 Å². The second-order valence-electron chi connectivity index (χ2n) is 7.47. The van der Waals surface area contributed by atoms with Crippen LogP contribution in [-0.2, 0) is 0 Å². The van der Waals surface area contributed by atoms with Crippen LogP contribution < -0.4 is 10.2 Å². The minimum Gasteiger partial charge on any atom is -0.368 e. The second kappa shape index (κ2) is 8.35. The smallest absolute Gasteiger partial charge is 0.255 e. The zero-order valence-corrected chi connectivity index (χ0v) is 16.9. The van der Waals surface area contributed by atoms with Crippen molar-refractivity contribution in [2.24, 2.45) is 0 Å². The van der Waals surface area contributed by atoms with Gasteiger partial charge in [-0.1, -0.05) is 24.3 Å². The summed E-state index contributed by atoms with van der Waals surface area (Å²) in [7, 11) is 0. The van der Waals surface area contributed by atoms with Crippen molar-refractivity contribution >= 4 is 23.1 Å². The Bertz CT molecular complexity index is 978. The molecule has 5 heteroatoms. The maximum absolute atomic E-state index is 12.8. The molecule has 0 atom stereocenters. The summed E-state index contributed by atoms with van der Waals surface area (Å²) < 4.78 is 0. The Labute approximate surface area is 172 Å². The van der Waals surface area contributed by atoms with Gasteiger partial charge in [-0.25, -0.2) is 4.98 Å². The molecule has 3 aromatic rings. The molecule has 0 unspecified atom stereocenters. The first-order chi connectivity index (χ1) is 14.1. The minimum atomic E-state index is 0.0444. The number of anilines is 3. The third kappa shape index (κ3) is 4.40. The third-order valence-electron chi connectivity index (χ3n) is 5.48. The quantitative estimate of drug-likeness (QED) is 0.722. The van der Waals surface area contributed by atoms with Gasteiger partial charge in [0.05, 0.1) is 5.56 Å². The van der Waals surface area contributed by atoms with Crippen LogP contribution in [0, 0.1) is 13.8 Å². The first-order valence-corrected chi connectivity index (χ1v) is 10.00. The Morgan fingerprint density at radius 1 is 0.897 bits per heavy atom. The van der Waals surface area contributed by atoms with E-state index in [0.29, 0.717) is 5.56 Å². The summed E-state index contributed by atoms with van der Waals surface area (Å²) in [6, 6.07) is 20.3. The van der Waals surface area contributed by atoms with E-state index >= 15 is 0 Å². The van der Waals surface area contributed by atoms with Crippen LogP contribution >= 0.6 is 0 Å². The van der Waals surface area contributed by atoms with Gasteiger partial charge in [0, 0.05) is 43.8 Å². The molecular weight excluding hydrogens is 360 g/mol. The van der Waals surface area contributed by atoms with Crippen molar-refractivity contribution in [3.05, 3.63) is 83.6 Å². The van der Waals surface area contributed by atoms with E-state index in [-0.39, 0.29) is 5.91 Å². The molecule has 2 aromatic carbocycles. The number of para-hydroxylation sites is 1. The Balaban J connectivity index is 1.36. The molecule has 1 aliphatic heterocycles. The van der Waals surface area contributed by atoms with Crippen molar-refractivity contribution in [3.63, 3.8) is 0 Å². The Hall–Kier alpha value is -3.34. The number of aromatic nitrogens is 1. The van der Waals surface area contributed by atoms with Crippen LogP contribution in [0.1, 0.15) is 21.5 Å². The summed E-state index contributed by atoms with van der Waals surface area (Å²) in [5, 5.41) is 3.30. The van der Waals surface area contributed by atoms with Crippen LogP contribution in [0.4, 0.5) is 17.2 Å². The van der Waals surface area contributed by atoms with Gasteiger partial charge in [0.15, 0.2) is 0 Å². The number of hydrogen-bond donors (Lipinski definition) is 1. The maximum atomic E-state index is 12.8. The highest BCUT2D eigenvalue weighted by Crippen LogP contribution is 2.20. The lowest BCUT2D eigenvalue weighted by Gasteiger charge is -2.36. The predicted molar refractivity (Wildman–Crippen MR) is 118 cm³/mol. The number of hydrogen-bond acceptors (Lipinski definition) is 4. The number of amides is 1. The fourth-order valence-electron chi connectivity index (χ4n) is 3.55. The fourth-order valence-corrected chi connectivity index (χ4v) is 3.55. The van der Waals surface area contributed by atoms with Crippen molar-refractivity contribution in [1.82, 2.24) is 9.88 Å². The van der Waals surface area contributed by atoms with Gasteiger partial charge < -0.3 is 15.1 Å². The van der Waals surface area contributed by atoms with E-state index in [1.165, 1.54) is 16.8 Å². The molecule has 29 heavy (non-hydrogen) atoms. The molecule has 1 amide bonds. The molecule has 2 heterocycles. The van der Waals surface area contributed by atoms with Crippen LogP contribution in [0.2, 0.25) is 0 Å². The number of nitrogens with one attached hydrogen (secondary N) is 1. The highest BCUT2D eigenvalue weighted by atomic mass is 16.2. The van der Waals surface area contributed by atoms with E-state index < -0.39 is 0 Å². The molecule has 0 spiro atoms. The summed E-state index contributed by atoms with van der Waals surface area (Å²) in [6.07, 6.45) is 1.66. The molecule has 1 N–H and O–H groups in total. The highest BCUT2D eigenvalue weighted by Gasteiger charge is 2.22. The molecule has 4 rings (SSSR count). The third-order valence-corrected chi connectivity index (χ3v) is 5.48. The number of rotatable bonds is 4. The minimum absolute atomic E-state index is 0.0444. The number of aryl methyl sites for hydroxylation is 2. The van der Waals surface area contributed by atoms with E-state index in [1.54, 1.807) is 6.20 Å². The number of carbonyl (C=O) groups excluding carboxylic acids is 1. The molecule has 0 bridgehead atoms. The van der Waals surface area contributed by atoms with Gasteiger partial charge >= 0.3 is 0 Å². The number of nitrogens with zero attached hydrogens (tertiary/aromatic N) is 3. The van der Waals surface area contributed by atoms with Crippen LogP contribution in [0.3, 0.4) is 0 Å². The van der Waals surface area contributed by atoms with Gasteiger partial charge in [0.25, 0.3) is 5.91 Å². The SMILES string of the molecule is Cc1ccc(Nc2ccc(C(=O)N3CCN(c4ccccc4)CC3)cn2)cc1C. The van der Waals surface area contributed by atoms with Crippen molar-refractivity contribution in [2.45, 2.75) is 13.8 Å². The van der Waals surface area contributed by atoms with Crippen LogP contribution in [0.15, 0.2) is 66.9 Å². The molecule has 1 saturated heterocycles. The fraction of sp³-hybridized carbons (Fsp3) is 0.250. The number of benzene rings is 2. The molecule has 1 aromatic heterocycles. The maximum Gasteiger partial charge on any atom is 0.255 e. The zero-order valence-electron chi connectivity index (χ0n) is 16.9. The lowest BCUT2D eigenvalue weighted by molar-refractivity contribution is 0.0746. The standard InChI is InChI=1S/C24H26N4O/c1-18-8-10-21(16-19(18)2)26-23-11-9-20(17-25-23)24(29)28-14-12-27(13-15-28)22-6-4-3-5-7-22/h3-11,16-17H,12-15H2,1-2H3,(H,25,26). The topological polar surface area (TPSA) is 48.5 Å². The van der Waals surface area contributed by atoms with Crippen LogP contribution in [-0.4, -0.2) is 42.0 Å². The Kier molecular flexibility index (Phi) is 5.47. The average molecular weight is 386 g/mol. The Morgan fingerprint density at radius 3 is 2.31 bits per heavy atom. The van der Waals surface area contributed by atoms with E-state index in [1.807, 2.05) is 41.3 Å². The summed E-state index contributed by atoms with van der Waals surface area (Å²) >= 11 is 0. The normalized spacial score (nSPS) is 14.0. The summed E-state index contributed by atoms with van der Waals surface area (Å²) in [6.45, 7) is 7.31. The molecule has 148 valence electrons. The van der Waals surface area contributed by atoms with E-state index in [4.69, 9.17) is 0 Å². The highest BCUT2D eigenvalue weighted by molar-refractivity contribution is 5.94. The van der Waals surface area contributed by atoms with Gasteiger partial charge in [-0.15, -0.1) is 0 Å². The van der Waals surface area contributed by atoms with E-state index in [9.17, 15) is 4.79 Å². The molecule has 0 saturated carbocycles. The largest absolute Gasteiger partial charge is 0.368 e. The van der Waals surface area contributed by atoms with E-state index in [2.05, 4.69) is 53.3 Å². The summed E-state index contributed by atoms with van der Waals surface area (Å²) in [5.74, 6) is 0.779.